The van der Waals surface area contributed by atoms with E-state index in [1.807, 2.05) is 0 Å². The van der Waals surface area contributed by atoms with Crippen molar-refractivity contribution < 1.29 is 14.6 Å². The smallest absolute Gasteiger partial charge is 0.311 e. The van der Waals surface area contributed by atoms with Gasteiger partial charge in [-0.2, -0.15) is 0 Å². The van der Waals surface area contributed by atoms with Crippen LogP contribution < -0.4 is 4.74 Å². The van der Waals surface area contributed by atoms with Crippen molar-refractivity contribution in [3.05, 3.63) is 23.9 Å². The molecule has 4 nitrogen and oxygen atoms in total. The Balaban J connectivity index is 2.36. The van der Waals surface area contributed by atoms with E-state index in [1.54, 1.807) is 18.3 Å². The first-order chi connectivity index (χ1) is 7.24. The lowest BCUT2D eigenvalue weighted by atomic mass is 9.95. The molecule has 15 heavy (non-hydrogen) atoms. The van der Waals surface area contributed by atoms with Gasteiger partial charge in [0, 0.05) is 11.8 Å². The molecule has 1 aromatic heterocycles. The van der Waals surface area contributed by atoms with Crippen LogP contribution in [0.25, 0.3) is 0 Å². The second kappa shape index (κ2) is 3.88. The summed E-state index contributed by atoms with van der Waals surface area (Å²) in [6.45, 7) is 0. The maximum Gasteiger partial charge on any atom is 0.311 e. The summed E-state index contributed by atoms with van der Waals surface area (Å²) in [5.74, 6) is -0.574. The zero-order chi connectivity index (χ0) is 10.8. The number of aliphatic carboxylic acids is 1. The van der Waals surface area contributed by atoms with Gasteiger partial charge in [-0.05, 0) is 24.8 Å². The minimum absolute atomic E-state index is 0.251. The Morgan fingerprint density at radius 2 is 2.40 bits per heavy atom. The molecule has 1 aliphatic carbocycles. The topological polar surface area (TPSA) is 59.4 Å². The van der Waals surface area contributed by atoms with Crippen LogP contribution in [0.2, 0.25) is 0 Å². The highest BCUT2D eigenvalue weighted by atomic mass is 16.5. The number of pyridine rings is 1. The Morgan fingerprint density at radius 1 is 1.67 bits per heavy atom. The largest absolute Gasteiger partial charge is 0.481 e. The van der Waals surface area contributed by atoms with Crippen molar-refractivity contribution in [2.24, 2.45) is 5.92 Å². The number of hydrogen-bond donors (Lipinski definition) is 1. The van der Waals surface area contributed by atoms with Crippen LogP contribution in [-0.2, 0) is 4.79 Å². The first kappa shape index (κ1) is 9.96. The van der Waals surface area contributed by atoms with Crippen LogP contribution in [0.4, 0.5) is 0 Å². The van der Waals surface area contributed by atoms with Crippen LogP contribution in [0.15, 0.2) is 18.3 Å². The molecule has 0 aromatic carbocycles. The summed E-state index contributed by atoms with van der Waals surface area (Å²) in [5.41, 5.74) is 0.690. The predicted molar refractivity (Wildman–Crippen MR) is 53.9 cm³/mol. The molecule has 1 atom stereocenters. The van der Waals surface area contributed by atoms with Gasteiger partial charge in [0.1, 0.15) is 0 Å². The summed E-state index contributed by atoms with van der Waals surface area (Å²) in [6.07, 6.45) is 3.57. The van der Waals surface area contributed by atoms with E-state index in [-0.39, 0.29) is 5.92 Å². The fourth-order valence-electron chi connectivity index (χ4n) is 1.83. The minimum Gasteiger partial charge on any atom is -0.481 e. The van der Waals surface area contributed by atoms with Crippen LogP contribution in [0.1, 0.15) is 24.3 Å². The molecule has 0 spiro atoms. The molecule has 1 saturated carbocycles. The lowest BCUT2D eigenvalue weighted by Crippen LogP contribution is -2.15. The van der Waals surface area contributed by atoms with Gasteiger partial charge in [0.15, 0.2) is 0 Å². The van der Waals surface area contributed by atoms with E-state index in [4.69, 9.17) is 4.74 Å². The third kappa shape index (κ3) is 1.93. The molecule has 1 unspecified atom stereocenters. The molecule has 0 aliphatic heterocycles. The van der Waals surface area contributed by atoms with Crippen LogP contribution in [0.3, 0.4) is 0 Å². The fourth-order valence-corrected chi connectivity index (χ4v) is 1.83. The third-order valence-corrected chi connectivity index (χ3v) is 2.69. The van der Waals surface area contributed by atoms with E-state index >= 15 is 0 Å². The minimum atomic E-state index is -0.788. The number of hydrogen-bond acceptors (Lipinski definition) is 3. The van der Waals surface area contributed by atoms with Crippen molar-refractivity contribution in [1.29, 1.82) is 0 Å². The predicted octanol–water partition coefficient (Wildman–Crippen LogP) is 1.67. The fraction of sp³-hybridized carbons (Fsp3) is 0.455. The van der Waals surface area contributed by atoms with E-state index in [2.05, 4.69) is 4.98 Å². The molecule has 1 aliphatic rings. The van der Waals surface area contributed by atoms with Gasteiger partial charge in [0.25, 0.3) is 0 Å². The maximum atomic E-state index is 11.2. The molecule has 0 amide bonds. The molecule has 80 valence electrons. The number of carboxylic acids is 1. The number of nitrogens with zero attached hydrogens (tertiary/aromatic N) is 1. The van der Waals surface area contributed by atoms with Crippen LogP contribution in [0.5, 0.6) is 5.88 Å². The van der Waals surface area contributed by atoms with Crippen molar-refractivity contribution in [1.82, 2.24) is 4.98 Å². The molecule has 2 rings (SSSR count). The normalized spacial score (nSPS) is 17.1. The Labute approximate surface area is 87.9 Å². The van der Waals surface area contributed by atoms with E-state index in [9.17, 15) is 9.90 Å². The lowest BCUT2D eigenvalue weighted by molar-refractivity contribution is -0.139. The highest BCUT2D eigenvalue weighted by Crippen LogP contribution is 2.44. The molecule has 1 fully saturated rings. The van der Waals surface area contributed by atoms with Crippen LogP contribution >= 0.6 is 0 Å². The van der Waals surface area contributed by atoms with Crippen molar-refractivity contribution in [3.8, 4) is 5.88 Å². The molecule has 0 radical (unpaired) electrons. The van der Waals surface area contributed by atoms with Gasteiger partial charge >= 0.3 is 5.97 Å². The molecule has 0 saturated heterocycles. The van der Waals surface area contributed by atoms with Gasteiger partial charge in [0.2, 0.25) is 5.88 Å². The van der Waals surface area contributed by atoms with Gasteiger partial charge in [0.05, 0.1) is 13.0 Å². The molecule has 1 N–H and O–H groups in total. The number of carbonyl (C=O) groups is 1. The van der Waals surface area contributed by atoms with Gasteiger partial charge in [-0.1, -0.05) is 6.07 Å². The van der Waals surface area contributed by atoms with E-state index in [0.29, 0.717) is 11.4 Å². The molecular weight excluding hydrogens is 194 g/mol. The van der Waals surface area contributed by atoms with E-state index in [0.717, 1.165) is 12.8 Å². The first-order valence-electron chi connectivity index (χ1n) is 4.95. The van der Waals surface area contributed by atoms with Crippen LogP contribution in [-0.4, -0.2) is 23.2 Å². The number of ether oxygens (including phenoxy) is 1. The Hall–Kier alpha value is -1.58. The summed E-state index contributed by atoms with van der Waals surface area (Å²) in [4.78, 5) is 15.2. The van der Waals surface area contributed by atoms with Gasteiger partial charge in [-0.25, -0.2) is 4.98 Å². The maximum absolute atomic E-state index is 11.2. The van der Waals surface area contributed by atoms with Crippen molar-refractivity contribution in [2.45, 2.75) is 18.8 Å². The molecule has 4 heteroatoms. The zero-order valence-corrected chi connectivity index (χ0v) is 8.51. The van der Waals surface area contributed by atoms with Crippen molar-refractivity contribution in [3.63, 3.8) is 0 Å². The van der Waals surface area contributed by atoms with Gasteiger partial charge < -0.3 is 9.84 Å². The van der Waals surface area contributed by atoms with E-state index in [1.165, 1.54) is 7.11 Å². The highest BCUT2D eigenvalue weighted by Gasteiger charge is 2.39. The van der Waals surface area contributed by atoms with Crippen LogP contribution in [0, 0.1) is 5.92 Å². The number of aromatic nitrogens is 1. The number of carboxylic acid groups (broad SMARTS) is 1. The molecule has 1 heterocycles. The average molecular weight is 207 g/mol. The summed E-state index contributed by atoms with van der Waals surface area (Å²) < 4.78 is 5.08. The van der Waals surface area contributed by atoms with Crippen molar-refractivity contribution >= 4 is 5.97 Å². The van der Waals surface area contributed by atoms with Gasteiger partial charge in [-0.3, -0.25) is 4.79 Å². The monoisotopic (exact) mass is 207 g/mol. The van der Waals surface area contributed by atoms with Crippen molar-refractivity contribution in [2.75, 3.05) is 7.11 Å². The summed E-state index contributed by atoms with van der Waals surface area (Å²) >= 11 is 0. The second-order valence-electron chi connectivity index (χ2n) is 3.76. The SMILES string of the molecule is COc1ncccc1C(C(=O)O)C1CC1. The number of methoxy groups -OCH3 is 1. The first-order valence-corrected chi connectivity index (χ1v) is 4.95. The summed E-state index contributed by atoms with van der Waals surface area (Å²) in [7, 11) is 1.51. The number of rotatable bonds is 4. The van der Waals surface area contributed by atoms with Gasteiger partial charge in [-0.15, -0.1) is 0 Å². The molecular formula is C11H13NO3. The zero-order valence-electron chi connectivity index (χ0n) is 8.51. The average Bonchev–Trinajstić information content (AvgIpc) is 3.03. The summed E-state index contributed by atoms with van der Waals surface area (Å²) in [5, 5.41) is 9.17. The quantitative estimate of drug-likeness (QED) is 0.815. The standard InChI is InChI=1S/C11H13NO3/c1-15-10-8(3-2-6-12-10)9(11(13)14)7-4-5-7/h2-3,6-7,9H,4-5H2,1H3,(H,13,14). The third-order valence-electron chi connectivity index (χ3n) is 2.69. The Morgan fingerprint density at radius 3 is 2.93 bits per heavy atom. The second-order valence-corrected chi connectivity index (χ2v) is 3.76. The molecule has 1 aromatic rings. The lowest BCUT2D eigenvalue weighted by Gasteiger charge is -2.13. The van der Waals surface area contributed by atoms with E-state index < -0.39 is 11.9 Å². The Kier molecular flexibility index (Phi) is 2.58. The Bertz CT molecular complexity index is 374. The highest BCUT2D eigenvalue weighted by molar-refractivity contribution is 5.77. The molecule has 0 bridgehead atoms. The summed E-state index contributed by atoms with van der Waals surface area (Å²) in [6, 6.07) is 3.53.